The first-order valence-electron chi connectivity index (χ1n) is 6.52. The van der Waals surface area contributed by atoms with Crippen LogP contribution in [0.25, 0.3) is 0 Å². The quantitative estimate of drug-likeness (QED) is 0.732. The second-order valence-corrected chi connectivity index (χ2v) is 5.33. The number of hydrogen-bond donors (Lipinski definition) is 1. The third-order valence-corrected chi connectivity index (χ3v) is 2.94. The smallest absolute Gasteiger partial charge is 0.0617 e. The lowest BCUT2D eigenvalue weighted by Crippen LogP contribution is -2.40. The van der Waals surface area contributed by atoms with Crippen LogP contribution in [-0.4, -0.2) is 25.3 Å². The van der Waals surface area contributed by atoms with Gasteiger partial charge in [0.1, 0.15) is 0 Å². The molecule has 0 aliphatic heterocycles. The van der Waals surface area contributed by atoms with E-state index in [9.17, 15) is 0 Å². The first-order valence-corrected chi connectivity index (χ1v) is 6.52. The van der Waals surface area contributed by atoms with Gasteiger partial charge in [-0.2, -0.15) is 0 Å². The first kappa shape index (κ1) is 13.0. The summed E-state index contributed by atoms with van der Waals surface area (Å²) in [6.07, 6.45) is 6.94. The Hall–Kier alpha value is -0.0800. The van der Waals surface area contributed by atoms with Crippen LogP contribution < -0.4 is 5.32 Å². The van der Waals surface area contributed by atoms with E-state index in [1.54, 1.807) is 0 Å². The van der Waals surface area contributed by atoms with Gasteiger partial charge in [0.2, 0.25) is 0 Å². The number of rotatable bonds is 6. The van der Waals surface area contributed by atoms with Gasteiger partial charge in [-0.15, -0.1) is 0 Å². The van der Waals surface area contributed by atoms with Crippen LogP contribution in [0.3, 0.4) is 0 Å². The molecule has 1 aliphatic rings. The monoisotopic (exact) mass is 213 g/mol. The highest BCUT2D eigenvalue weighted by molar-refractivity contribution is 4.74. The van der Waals surface area contributed by atoms with Gasteiger partial charge in [-0.05, 0) is 25.7 Å². The number of hydrogen-bond acceptors (Lipinski definition) is 2. The lowest BCUT2D eigenvalue weighted by atomic mass is 9.95. The summed E-state index contributed by atoms with van der Waals surface area (Å²) in [6, 6.07) is 1.25. The van der Waals surface area contributed by atoms with Crippen molar-refractivity contribution in [3.8, 4) is 0 Å². The normalized spacial score (nSPS) is 20.8. The van der Waals surface area contributed by atoms with Crippen LogP contribution in [0.2, 0.25) is 0 Å². The second-order valence-electron chi connectivity index (χ2n) is 5.33. The Balaban J connectivity index is 2.03. The molecule has 0 radical (unpaired) electrons. The summed E-state index contributed by atoms with van der Waals surface area (Å²) in [4.78, 5) is 0. The van der Waals surface area contributed by atoms with Crippen LogP contribution in [0.4, 0.5) is 0 Å². The van der Waals surface area contributed by atoms with Gasteiger partial charge in [0, 0.05) is 18.7 Å². The van der Waals surface area contributed by atoms with Crippen molar-refractivity contribution >= 4 is 0 Å². The van der Waals surface area contributed by atoms with E-state index in [2.05, 4.69) is 26.1 Å². The molecule has 1 rings (SSSR count). The van der Waals surface area contributed by atoms with Crippen molar-refractivity contribution in [3.05, 3.63) is 0 Å². The molecule has 0 aromatic heterocycles. The lowest BCUT2D eigenvalue weighted by molar-refractivity contribution is 0.0893. The van der Waals surface area contributed by atoms with Crippen molar-refractivity contribution in [1.82, 2.24) is 5.32 Å². The average Bonchev–Trinajstić information content (AvgIpc) is 2.18. The van der Waals surface area contributed by atoms with Crippen LogP contribution in [0.1, 0.15) is 52.9 Å². The van der Waals surface area contributed by atoms with Crippen molar-refractivity contribution in [2.75, 3.05) is 13.2 Å². The molecule has 1 unspecified atom stereocenters. The van der Waals surface area contributed by atoms with Crippen molar-refractivity contribution < 1.29 is 4.74 Å². The summed E-state index contributed by atoms with van der Waals surface area (Å²) in [6.45, 7) is 8.36. The first-order chi connectivity index (χ1) is 7.18. The van der Waals surface area contributed by atoms with Gasteiger partial charge < -0.3 is 10.1 Å². The fraction of sp³-hybridized carbons (Fsp3) is 1.00. The van der Waals surface area contributed by atoms with E-state index in [4.69, 9.17) is 4.74 Å². The molecule has 0 spiro atoms. The maximum absolute atomic E-state index is 5.64. The van der Waals surface area contributed by atoms with Crippen molar-refractivity contribution in [2.24, 2.45) is 5.92 Å². The molecule has 2 heteroatoms. The van der Waals surface area contributed by atoms with Gasteiger partial charge in [0.05, 0.1) is 6.61 Å². The molecule has 0 aromatic rings. The summed E-state index contributed by atoms with van der Waals surface area (Å²) >= 11 is 0. The molecular weight excluding hydrogens is 186 g/mol. The van der Waals surface area contributed by atoms with E-state index >= 15 is 0 Å². The van der Waals surface area contributed by atoms with Gasteiger partial charge in [0.15, 0.2) is 0 Å². The Bertz CT molecular complexity index is 153. The molecule has 1 fully saturated rings. The SMILES string of the molecule is CC(C)COCC(C)NC1CCCCC1. The Morgan fingerprint density at radius 1 is 1.07 bits per heavy atom. The van der Waals surface area contributed by atoms with E-state index in [0.29, 0.717) is 12.0 Å². The molecule has 0 heterocycles. The summed E-state index contributed by atoms with van der Waals surface area (Å²) in [5, 5.41) is 3.67. The third kappa shape index (κ3) is 6.16. The number of nitrogens with one attached hydrogen (secondary N) is 1. The van der Waals surface area contributed by atoms with Crippen LogP contribution in [0.15, 0.2) is 0 Å². The molecule has 1 N–H and O–H groups in total. The van der Waals surface area contributed by atoms with E-state index in [1.807, 2.05) is 0 Å². The van der Waals surface area contributed by atoms with Crippen molar-refractivity contribution in [3.63, 3.8) is 0 Å². The van der Waals surface area contributed by atoms with Crippen LogP contribution in [0, 0.1) is 5.92 Å². The largest absolute Gasteiger partial charge is 0.380 e. The zero-order chi connectivity index (χ0) is 11.1. The summed E-state index contributed by atoms with van der Waals surface area (Å²) in [5.74, 6) is 0.645. The molecule has 15 heavy (non-hydrogen) atoms. The van der Waals surface area contributed by atoms with Gasteiger partial charge in [-0.3, -0.25) is 0 Å². The number of ether oxygens (including phenoxy) is 1. The predicted molar refractivity (Wildman–Crippen MR) is 65.1 cm³/mol. The Morgan fingerprint density at radius 3 is 2.33 bits per heavy atom. The molecule has 0 amide bonds. The van der Waals surface area contributed by atoms with Gasteiger partial charge in [-0.25, -0.2) is 0 Å². The highest BCUT2D eigenvalue weighted by Gasteiger charge is 2.15. The molecule has 90 valence electrons. The standard InChI is InChI=1S/C13H27NO/c1-11(2)9-15-10-12(3)14-13-7-5-4-6-8-13/h11-14H,4-10H2,1-3H3. The minimum absolute atomic E-state index is 0.506. The summed E-state index contributed by atoms with van der Waals surface area (Å²) in [7, 11) is 0. The van der Waals surface area contributed by atoms with Gasteiger partial charge in [0.25, 0.3) is 0 Å². The van der Waals surface area contributed by atoms with E-state index in [1.165, 1.54) is 32.1 Å². The topological polar surface area (TPSA) is 21.3 Å². The van der Waals surface area contributed by atoms with E-state index in [0.717, 1.165) is 19.3 Å². The summed E-state index contributed by atoms with van der Waals surface area (Å²) in [5.41, 5.74) is 0. The Kier molecular flexibility index (Phi) is 6.26. The van der Waals surface area contributed by atoms with Gasteiger partial charge in [-0.1, -0.05) is 33.1 Å². The fourth-order valence-electron chi connectivity index (χ4n) is 2.20. The predicted octanol–water partition coefficient (Wildman–Crippen LogP) is 2.97. The maximum Gasteiger partial charge on any atom is 0.0617 e. The molecule has 0 bridgehead atoms. The van der Waals surface area contributed by atoms with E-state index < -0.39 is 0 Å². The highest BCUT2D eigenvalue weighted by atomic mass is 16.5. The average molecular weight is 213 g/mol. The van der Waals surface area contributed by atoms with Crippen molar-refractivity contribution in [2.45, 2.75) is 65.0 Å². The highest BCUT2D eigenvalue weighted by Crippen LogP contribution is 2.17. The van der Waals surface area contributed by atoms with E-state index in [-0.39, 0.29) is 0 Å². The van der Waals surface area contributed by atoms with Crippen LogP contribution in [-0.2, 0) is 4.74 Å². The van der Waals surface area contributed by atoms with Gasteiger partial charge >= 0.3 is 0 Å². The molecule has 1 saturated carbocycles. The van der Waals surface area contributed by atoms with Crippen LogP contribution >= 0.6 is 0 Å². The maximum atomic E-state index is 5.64. The van der Waals surface area contributed by atoms with Crippen molar-refractivity contribution in [1.29, 1.82) is 0 Å². The van der Waals surface area contributed by atoms with Crippen LogP contribution in [0.5, 0.6) is 0 Å². The zero-order valence-corrected chi connectivity index (χ0v) is 10.6. The molecule has 1 aliphatic carbocycles. The fourth-order valence-corrected chi connectivity index (χ4v) is 2.20. The molecule has 1 atom stereocenters. The minimum atomic E-state index is 0.506. The third-order valence-electron chi connectivity index (χ3n) is 2.94. The molecular formula is C13H27NO. The zero-order valence-electron chi connectivity index (χ0n) is 10.6. The molecule has 0 saturated heterocycles. The molecule has 0 aromatic carbocycles. The lowest BCUT2D eigenvalue weighted by Gasteiger charge is -2.26. The summed E-state index contributed by atoms with van der Waals surface area (Å²) < 4.78 is 5.64. The molecule has 2 nitrogen and oxygen atoms in total. The second kappa shape index (κ2) is 7.24. The Morgan fingerprint density at radius 2 is 1.73 bits per heavy atom. The Labute approximate surface area is 94.8 Å². The minimum Gasteiger partial charge on any atom is -0.380 e.